The van der Waals surface area contributed by atoms with Gasteiger partial charge in [-0.1, -0.05) is 28.1 Å². The number of fused-ring (bicyclic) bond motifs is 1. The third-order valence-electron chi connectivity index (χ3n) is 3.59. The number of aromatic carboxylic acids is 1. The Balaban J connectivity index is 2.09. The van der Waals surface area contributed by atoms with Crippen LogP contribution in [-0.2, 0) is 0 Å². The van der Waals surface area contributed by atoms with Crippen molar-refractivity contribution in [3.8, 4) is 0 Å². The zero-order valence-electron chi connectivity index (χ0n) is 11.3. The van der Waals surface area contributed by atoms with Gasteiger partial charge in [0.25, 0.3) is 0 Å². The average Bonchev–Trinajstić information content (AvgIpc) is 2.90. The summed E-state index contributed by atoms with van der Waals surface area (Å²) in [7, 11) is 0. The monoisotopic (exact) mass is 344 g/mol. The second kappa shape index (κ2) is 5.33. The molecule has 21 heavy (non-hydrogen) atoms. The predicted molar refractivity (Wildman–Crippen MR) is 84.6 cm³/mol. The molecule has 1 N–H and O–H groups in total. The third-order valence-corrected chi connectivity index (χ3v) is 4.12. The smallest absolute Gasteiger partial charge is 0.335 e. The van der Waals surface area contributed by atoms with Crippen molar-refractivity contribution >= 4 is 32.9 Å². The van der Waals surface area contributed by atoms with E-state index in [0.29, 0.717) is 0 Å². The largest absolute Gasteiger partial charge is 0.478 e. The van der Waals surface area contributed by atoms with Gasteiger partial charge in [-0.05, 0) is 42.8 Å². The number of carboxylic acid groups (broad SMARTS) is 1. The summed E-state index contributed by atoms with van der Waals surface area (Å²) in [6.07, 6.45) is 1.75. The Hall–Kier alpha value is -2.14. The van der Waals surface area contributed by atoms with E-state index in [1.54, 1.807) is 24.5 Å². The lowest BCUT2D eigenvalue weighted by Crippen LogP contribution is -2.06. The topological polar surface area (TPSA) is 55.1 Å². The fourth-order valence-electron chi connectivity index (χ4n) is 2.37. The molecular weight excluding hydrogens is 332 g/mol. The molecule has 1 aromatic heterocycles. The summed E-state index contributed by atoms with van der Waals surface area (Å²) in [6.45, 7) is 2.07. The number of halogens is 1. The average molecular weight is 345 g/mol. The normalized spacial score (nSPS) is 12.5. The zero-order valence-corrected chi connectivity index (χ0v) is 12.9. The first-order valence-corrected chi connectivity index (χ1v) is 7.31. The molecule has 0 fully saturated rings. The quantitative estimate of drug-likeness (QED) is 0.777. The van der Waals surface area contributed by atoms with Gasteiger partial charge in [0.05, 0.1) is 29.0 Å². The molecule has 0 radical (unpaired) electrons. The number of hydrogen-bond donors (Lipinski definition) is 1. The van der Waals surface area contributed by atoms with Crippen molar-refractivity contribution in [3.63, 3.8) is 0 Å². The standard InChI is InChI=1S/C16H13BrN2O2/c1-10(11-2-5-13(17)6-3-11)19-9-18-14-7-4-12(16(20)21)8-15(14)19/h2-10H,1H3,(H,20,21). The molecule has 0 spiro atoms. The molecule has 1 unspecified atom stereocenters. The van der Waals surface area contributed by atoms with E-state index < -0.39 is 5.97 Å². The molecule has 0 amide bonds. The maximum absolute atomic E-state index is 11.1. The van der Waals surface area contributed by atoms with Crippen molar-refractivity contribution in [1.82, 2.24) is 9.55 Å². The summed E-state index contributed by atoms with van der Waals surface area (Å²) < 4.78 is 3.02. The van der Waals surface area contributed by atoms with Crippen LogP contribution in [0.1, 0.15) is 28.9 Å². The van der Waals surface area contributed by atoms with Crippen LogP contribution in [0.25, 0.3) is 11.0 Å². The molecule has 0 saturated heterocycles. The van der Waals surface area contributed by atoms with E-state index in [1.807, 2.05) is 28.8 Å². The van der Waals surface area contributed by atoms with E-state index in [2.05, 4.69) is 27.8 Å². The van der Waals surface area contributed by atoms with E-state index in [-0.39, 0.29) is 11.6 Å². The summed E-state index contributed by atoms with van der Waals surface area (Å²) >= 11 is 3.42. The van der Waals surface area contributed by atoms with Gasteiger partial charge in [0.15, 0.2) is 0 Å². The van der Waals surface area contributed by atoms with Crippen LogP contribution in [0.2, 0.25) is 0 Å². The number of nitrogens with zero attached hydrogens (tertiary/aromatic N) is 2. The molecule has 106 valence electrons. The van der Waals surface area contributed by atoms with Crippen molar-refractivity contribution in [2.45, 2.75) is 13.0 Å². The van der Waals surface area contributed by atoms with E-state index in [9.17, 15) is 4.79 Å². The minimum absolute atomic E-state index is 0.0761. The van der Waals surface area contributed by atoms with E-state index in [4.69, 9.17) is 5.11 Å². The van der Waals surface area contributed by atoms with Gasteiger partial charge < -0.3 is 9.67 Å². The number of aromatic nitrogens is 2. The van der Waals surface area contributed by atoms with Gasteiger partial charge in [-0.2, -0.15) is 0 Å². The zero-order chi connectivity index (χ0) is 15.0. The highest BCUT2D eigenvalue weighted by atomic mass is 79.9. The van der Waals surface area contributed by atoms with Crippen LogP contribution >= 0.6 is 15.9 Å². The number of carbonyl (C=O) groups is 1. The van der Waals surface area contributed by atoms with Gasteiger partial charge in [-0.15, -0.1) is 0 Å². The molecule has 0 aliphatic heterocycles. The number of rotatable bonds is 3. The highest BCUT2D eigenvalue weighted by molar-refractivity contribution is 9.10. The molecule has 0 bridgehead atoms. The second-order valence-corrected chi connectivity index (χ2v) is 5.80. The first-order chi connectivity index (χ1) is 10.1. The number of imidazole rings is 1. The van der Waals surface area contributed by atoms with Crippen LogP contribution in [0.5, 0.6) is 0 Å². The van der Waals surface area contributed by atoms with Crippen LogP contribution in [-0.4, -0.2) is 20.6 Å². The van der Waals surface area contributed by atoms with Crippen molar-refractivity contribution in [2.75, 3.05) is 0 Å². The van der Waals surface area contributed by atoms with Crippen LogP contribution in [0.3, 0.4) is 0 Å². The first kappa shape index (κ1) is 13.8. The molecular formula is C16H13BrN2O2. The molecule has 3 rings (SSSR count). The minimum atomic E-state index is -0.930. The maximum atomic E-state index is 11.1. The van der Waals surface area contributed by atoms with Crippen molar-refractivity contribution in [1.29, 1.82) is 0 Å². The van der Waals surface area contributed by atoms with Crippen LogP contribution in [0.4, 0.5) is 0 Å². The maximum Gasteiger partial charge on any atom is 0.335 e. The second-order valence-electron chi connectivity index (χ2n) is 4.89. The lowest BCUT2D eigenvalue weighted by Gasteiger charge is -2.15. The lowest BCUT2D eigenvalue weighted by molar-refractivity contribution is 0.0697. The summed E-state index contributed by atoms with van der Waals surface area (Å²) in [4.78, 5) is 15.5. The highest BCUT2D eigenvalue weighted by Crippen LogP contribution is 2.25. The Labute approximate surface area is 130 Å². The molecule has 5 heteroatoms. The van der Waals surface area contributed by atoms with Gasteiger partial charge in [0, 0.05) is 4.47 Å². The third kappa shape index (κ3) is 2.56. The van der Waals surface area contributed by atoms with Gasteiger partial charge >= 0.3 is 5.97 Å². The molecule has 4 nitrogen and oxygen atoms in total. The molecule has 0 aliphatic rings. The Kier molecular flexibility index (Phi) is 3.51. The van der Waals surface area contributed by atoms with Crippen molar-refractivity contribution in [2.24, 2.45) is 0 Å². The summed E-state index contributed by atoms with van der Waals surface area (Å²) in [5, 5.41) is 9.12. The summed E-state index contributed by atoms with van der Waals surface area (Å²) in [5.41, 5.74) is 3.03. The summed E-state index contributed by atoms with van der Waals surface area (Å²) in [6, 6.07) is 13.1. The number of benzene rings is 2. The molecule has 1 heterocycles. The Morgan fingerprint density at radius 3 is 2.62 bits per heavy atom. The Morgan fingerprint density at radius 1 is 1.24 bits per heavy atom. The van der Waals surface area contributed by atoms with Crippen molar-refractivity contribution in [3.05, 3.63) is 64.4 Å². The highest BCUT2D eigenvalue weighted by Gasteiger charge is 2.13. The molecule has 0 saturated carbocycles. The molecule has 1 atom stereocenters. The fraction of sp³-hybridized carbons (Fsp3) is 0.125. The van der Waals surface area contributed by atoms with E-state index in [0.717, 1.165) is 21.1 Å². The lowest BCUT2D eigenvalue weighted by atomic mass is 10.1. The van der Waals surface area contributed by atoms with Crippen LogP contribution < -0.4 is 0 Å². The fourth-order valence-corrected chi connectivity index (χ4v) is 2.63. The van der Waals surface area contributed by atoms with Gasteiger partial charge in [0.1, 0.15) is 0 Å². The van der Waals surface area contributed by atoms with Crippen LogP contribution in [0, 0.1) is 0 Å². The molecule has 0 aliphatic carbocycles. The molecule has 2 aromatic carbocycles. The van der Waals surface area contributed by atoms with Crippen LogP contribution in [0.15, 0.2) is 53.3 Å². The Morgan fingerprint density at radius 2 is 1.95 bits per heavy atom. The first-order valence-electron chi connectivity index (χ1n) is 6.51. The summed E-state index contributed by atoms with van der Waals surface area (Å²) in [5.74, 6) is -0.930. The Bertz CT molecular complexity index is 809. The number of hydrogen-bond acceptors (Lipinski definition) is 2. The number of carboxylic acids is 1. The van der Waals surface area contributed by atoms with E-state index in [1.165, 1.54) is 0 Å². The van der Waals surface area contributed by atoms with Gasteiger partial charge in [-0.25, -0.2) is 9.78 Å². The van der Waals surface area contributed by atoms with Crippen molar-refractivity contribution < 1.29 is 9.90 Å². The SMILES string of the molecule is CC(c1ccc(Br)cc1)n1cnc2ccc(C(=O)O)cc21. The predicted octanol–water partition coefficient (Wildman–Crippen LogP) is 4.11. The van der Waals surface area contributed by atoms with E-state index >= 15 is 0 Å². The molecule has 3 aromatic rings. The minimum Gasteiger partial charge on any atom is -0.478 e. The van der Waals surface area contributed by atoms with Gasteiger partial charge in [-0.3, -0.25) is 0 Å². The van der Waals surface area contributed by atoms with Gasteiger partial charge in [0.2, 0.25) is 0 Å².